The van der Waals surface area contributed by atoms with Crippen molar-refractivity contribution in [3.05, 3.63) is 0 Å². The maximum absolute atomic E-state index is 11.7. The average molecular weight is 257 g/mol. The van der Waals surface area contributed by atoms with Gasteiger partial charge in [0, 0.05) is 25.5 Å². The van der Waals surface area contributed by atoms with Crippen LogP contribution in [0.2, 0.25) is 0 Å². The topological polar surface area (TPSA) is 58.6 Å². The van der Waals surface area contributed by atoms with E-state index in [4.69, 9.17) is 16.3 Å². The van der Waals surface area contributed by atoms with Gasteiger partial charge in [0.05, 0.1) is 13.2 Å². The summed E-state index contributed by atoms with van der Waals surface area (Å²) in [5.74, 6) is 0.569. The Bertz CT molecular complexity index is 265. The summed E-state index contributed by atoms with van der Waals surface area (Å²) in [6.07, 6.45) is 1.60. The van der Waals surface area contributed by atoms with Crippen LogP contribution in [0.5, 0.6) is 0 Å². The molecule has 1 rings (SSSR count). The predicted octanol–water partition coefficient (Wildman–Crippen LogP) is 0.172. The molecule has 90 valence electrons. The van der Waals surface area contributed by atoms with Crippen molar-refractivity contribution < 1.29 is 13.2 Å². The second-order valence-corrected chi connectivity index (χ2v) is 5.44. The molecule has 0 aliphatic carbocycles. The first-order valence-electron chi connectivity index (χ1n) is 5.05. The van der Waals surface area contributed by atoms with Crippen LogP contribution in [0.1, 0.15) is 12.8 Å². The molecule has 0 aromatic carbocycles. The summed E-state index contributed by atoms with van der Waals surface area (Å²) in [5.41, 5.74) is 0. The lowest BCUT2D eigenvalue weighted by Crippen LogP contribution is -2.46. The number of rotatable bonds is 6. The summed E-state index contributed by atoms with van der Waals surface area (Å²) >= 11 is 5.50. The van der Waals surface area contributed by atoms with Crippen LogP contribution < -0.4 is 4.72 Å². The van der Waals surface area contributed by atoms with Crippen molar-refractivity contribution >= 4 is 21.8 Å². The van der Waals surface area contributed by atoms with Crippen LogP contribution in [0.3, 0.4) is 0 Å². The molecule has 0 unspecified atom stereocenters. The highest BCUT2D eigenvalue weighted by molar-refractivity contribution is 7.87. The third kappa shape index (κ3) is 4.65. The van der Waals surface area contributed by atoms with E-state index in [0.29, 0.717) is 38.7 Å². The zero-order chi connectivity index (χ0) is 11.1. The summed E-state index contributed by atoms with van der Waals surface area (Å²) in [7, 11) is -3.30. The molecule has 1 aliphatic heterocycles. The number of unbranched alkanes of at least 4 members (excludes halogenated alkanes) is 1. The SMILES string of the molecule is O=S(=O)(NCCCCCl)N1CCOCC1. The van der Waals surface area contributed by atoms with Crippen molar-refractivity contribution in [2.45, 2.75) is 12.8 Å². The molecule has 1 fully saturated rings. The highest BCUT2D eigenvalue weighted by Gasteiger charge is 2.23. The Morgan fingerprint density at radius 1 is 1.27 bits per heavy atom. The van der Waals surface area contributed by atoms with Gasteiger partial charge in [0.25, 0.3) is 10.2 Å². The van der Waals surface area contributed by atoms with Crippen molar-refractivity contribution in [1.29, 1.82) is 0 Å². The molecule has 0 aromatic heterocycles. The fourth-order valence-electron chi connectivity index (χ4n) is 1.30. The van der Waals surface area contributed by atoms with E-state index >= 15 is 0 Å². The Morgan fingerprint density at radius 3 is 2.53 bits per heavy atom. The van der Waals surface area contributed by atoms with Crippen LogP contribution in [0, 0.1) is 0 Å². The van der Waals surface area contributed by atoms with Crippen molar-refractivity contribution in [2.75, 3.05) is 38.7 Å². The molecule has 7 heteroatoms. The number of hydrogen-bond acceptors (Lipinski definition) is 3. The Kier molecular flexibility index (Phi) is 5.84. The molecule has 0 radical (unpaired) electrons. The van der Waals surface area contributed by atoms with Gasteiger partial charge in [-0.15, -0.1) is 11.6 Å². The van der Waals surface area contributed by atoms with Crippen LogP contribution in [0.25, 0.3) is 0 Å². The summed E-state index contributed by atoms with van der Waals surface area (Å²) in [4.78, 5) is 0. The van der Waals surface area contributed by atoms with Crippen LogP contribution >= 0.6 is 11.6 Å². The van der Waals surface area contributed by atoms with E-state index in [9.17, 15) is 8.42 Å². The summed E-state index contributed by atoms with van der Waals surface area (Å²) in [6.45, 7) is 2.27. The lowest BCUT2D eigenvalue weighted by Gasteiger charge is -2.26. The fourth-order valence-corrected chi connectivity index (χ4v) is 2.70. The highest BCUT2D eigenvalue weighted by Crippen LogP contribution is 2.02. The maximum atomic E-state index is 11.7. The normalized spacial score (nSPS) is 19.3. The number of nitrogens with zero attached hydrogens (tertiary/aromatic N) is 1. The highest BCUT2D eigenvalue weighted by atomic mass is 35.5. The molecule has 0 amide bonds. The monoisotopic (exact) mass is 256 g/mol. The minimum atomic E-state index is -3.30. The van der Waals surface area contributed by atoms with Crippen LogP contribution in [0.15, 0.2) is 0 Å². The molecule has 0 atom stereocenters. The molecule has 15 heavy (non-hydrogen) atoms. The second-order valence-electron chi connectivity index (χ2n) is 3.31. The lowest BCUT2D eigenvalue weighted by molar-refractivity contribution is 0.0725. The minimum absolute atomic E-state index is 0.435. The molecule has 1 saturated heterocycles. The van der Waals surface area contributed by atoms with Crippen LogP contribution in [-0.2, 0) is 14.9 Å². The first kappa shape index (κ1) is 13.2. The number of nitrogens with one attached hydrogen (secondary N) is 1. The van der Waals surface area contributed by atoms with Gasteiger partial charge in [0.2, 0.25) is 0 Å². The van der Waals surface area contributed by atoms with Crippen molar-refractivity contribution in [1.82, 2.24) is 9.03 Å². The van der Waals surface area contributed by atoms with Crippen molar-refractivity contribution in [3.63, 3.8) is 0 Å². The third-order valence-corrected chi connectivity index (χ3v) is 4.04. The van der Waals surface area contributed by atoms with Crippen LogP contribution in [-0.4, -0.2) is 51.5 Å². The Labute approximate surface area is 95.9 Å². The van der Waals surface area contributed by atoms with E-state index in [1.54, 1.807) is 0 Å². The zero-order valence-corrected chi connectivity index (χ0v) is 10.2. The van der Waals surface area contributed by atoms with Gasteiger partial charge in [0.1, 0.15) is 0 Å². The van der Waals surface area contributed by atoms with E-state index in [1.807, 2.05) is 0 Å². The summed E-state index contributed by atoms with van der Waals surface area (Å²) in [6, 6.07) is 0. The molecule has 1 aliphatic rings. The molecular weight excluding hydrogens is 240 g/mol. The fraction of sp³-hybridized carbons (Fsp3) is 1.00. The Balaban J connectivity index is 2.30. The standard InChI is InChI=1S/C8H17ClN2O3S/c9-3-1-2-4-10-15(12,13)11-5-7-14-8-6-11/h10H,1-8H2. The Morgan fingerprint density at radius 2 is 1.93 bits per heavy atom. The van der Waals surface area contributed by atoms with E-state index < -0.39 is 10.2 Å². The van der Waals surface area contributed by atoms with Gasteiger partial charge in [-0.2, -0.15) is 12.7 Å². The number of hydrogen-bond donors (Lipinski definition) is 1. The van der Waals surface area contributed by atoms with Crippen LogP contribution in [0.4, 0.5) is 0 Å². The third-order valence-electron chi connectivity index (χ3n) is 2.15. The van der Waals surface area contributed by atoms with Gasteiger partial charge < -0.3 is 4.74 Å². The molecule has 0 bridgehead atoms. The summed E-state index contributed by atoms with van der Waals surface area (Å²) in [5, 5.41) is 0. The largest absolute Gasteiger partial charge is 0.379 e. The molecule has 5 nitrogen and oxygen atoms in total. The first-order chi connectivity index (χ1) is 7.17. The molecular formula is C8H17ClN2O3S. The van der Waals surface area contributed by atoms with Gasteiger partial charge in [-0.1, -0.05) is 0 Å². The quantitative estimate of drug-likeness (QED) is 0.545. The smallest absolute Gasteiger partial charge is 0.279 e. The van der Waals surface area contributed by atoms with E-state index in [1.165, 1.54) is 4.31 Å². The average Bonchev–Trinajstić information content (AvgIpc) is 2.26. The zero-order valence-electron chi connectivity index (χ0n) is 8.62. The maximum Gasteiger partial charge on any atom is 0.279 e. The molecule has 1 heterocycles. The minimum Gasteiger partial charge on any atom is -0.379 e. The lowest BCUT2D eigenvalue weighted by atomic mass is 10.3. The van der Waals surface area contributed by atoms with E-state index in [2.05, 4.69) is 4.72 Å². The molecule has 1 N–H and O–H groups in total. The number of morpholine rings is 1. The molecule has 0 aromatic rings. The van der Waals surface area contributed by atoms with Gasteiger partial charge >= 0.3 is 0 Å². The number of alkyl halides is 1. The van der Waals surface area contributed by atoms with E-state index in [-0.39, 0.29) is 0 Å². The van der Waals surface area contributed by atoms with Crippen molar-refractivity contribution in [2.24, 2.45) is 0 Å². The predicted molar refractivity (Wildman–Crippen MR) is 59.3 cm³/mol. The van der Waals surface area contributed by atoms with Crippen molar-refractivity contribution in [3.8, 4) is 0 Å². The first-order valence-corrected chi connectivity index (χ1v) is 7.03. The van der Waals surface area contributed by atoms with E-state index in [0.717, 1.165) is 12.8 Å². The van der Waals surface area contributed by atoms with Gasteiger partial charge in [-0.25, -0.2) is 4.72 Å². The van der Waals surface area contributed by atoms with Gasteiger partial charge in [-0.05, 0) is 12.8 Å². The molecule has 0 spiro atoms. The Hall–Kier alpha value is 0.120. The number of ether oxygens (including phenoxy) is 1. The van der Waals surface area contributed by atoms with Gasteiger partial charge in [-0.3, -0.25) is 0 Å². The number of halogens is 1. The second kappa shape index (κ2) is 6.65. The molecule has 0 saturated carbocycles. The summed E-state index contributed by atoms with van der Waals surface area (Å²) < 4.78 is 32.4. The van der Waals surface area contributed by atoms with Gasteiger partial charge in [0.15, 0.2) is 0 Å².